The summed E-state index contributed by atoms with van der Waals surface area (Å²) in [4.78, 5) is 33.9. The van der Waals surface area contributed by atoms with Gasteiger partial charge in [0.25, 0.3) is 0 Å². The SMILES string of the molecule is C=CC(=O)N1CCC(S(=O)(=O)c2ccc(N3CC(CN4CCC(C5([C@H]6CCC[C@@H]6OC(=O)NC)CN(C)Cc6ccccc65)CC4)C3)cc2)CC1. The molecule has 0 aromatic heterocycles. The van der Waals surface area contributed by atoms with E-state index < -0.39 is 15.1 Å². The summed E-state index contributed by atoms with van der Waals surface area (Å²) < 4.78 is 32.8. The molecule has 276 valence electrons. The first-order chi connectivity index (χ1) is 24.6. The second-order valence-electron chi connectivity index (χ2n) is 15.7. The number of anilines is 1. The monoisotopic (exact) mass is 717 g/mol. The number of nitrogens with one attached hydrogen (secondary N) is 1. The minimum Gasteiger partial charge on any atom is -0.446 e. The molecule has 0 spiro atoms. The summed E-state index contributed by atoms with van der Waals surface area (Å²) >= 11 is 0. The van der Waals surface area contributed by atoms with Gasteiger partial charge in [-0.15, -0.1) is 0 Å². The zero-order chi connectivity index (χ0) is 35.8. The molecule has 5 aliphatic rings. The largest absolute Gasteiger partial charge is 0.446 e. The van der Waals surface area contributed by atoms with Gasteiger partial charge in [0.1, 0.15) is 6.10 Å². The number of nitrogens with zero attached hydrogens (tertiary/aromatic N) is 4. The molecular formula is C40H55N5O5S. The van der Waals surface area contributed by atoms with Crippen molar-refractivity contribution in [2.75, 3.05) is 71.4 Å². The molecule has 2 amide bonds. The first-order valence-corrected chi connectivity index (χ1v) is 20.5. The van der Waals surface area contributed by atoms with Crippen LogP contribution in [0.4, 0.5) is 10.5 Å². The standard InChI is InChI=1S/C40H55N5O5S/c1-4-38(46)44-22-18-34(19-23-44)51(48,49)33-14-12-32(13-15-33)45-25-29(26-45)24-43-20-16-31(17-21-43)40(36-10-7-11-37(36)50-39(47)41-2)28-42(3)27-30-8-5-6-9-35(30)40/h4-6,8-9,12-15,29,31,34,36-37H,1,7,10-11,16-28H2,2-3H3,(H,41,47)/t36-,37-,40?/m0/s1. The number of likely N-dealkylation sites (N-methyl/N-ethyl adjacent to an activating group) is 1. The van der Waals surface area contributed by atoms with Crippen molar-refractivity contribution in [1.82, 2.24) is 20.0 Å². The minimum absolute atomic E-state index is 0.0420. The maximum absolute atomic E-state index is 13.4. The van der Waals surface area contributed by atoms with Crippen molar-refractivity contribution in [1.29, 1.82) is 0 Å². The molecule has 1 saturated carbocycles. The lowest BCUT2D eigenvalue weighted by Crippen LogP contribution is -2.58. The fourth-order valence-electron chi connectivity index (χ4n) is 10.3. The lowest BCUT2D eigenvalue weighted by molar-refractivity contribution is -0.126. The predicted molar refractivity (Wildman–Crippen MR) is 199 cm³/mol. The molecule has 3 saturated heterocycles. The topological polar surface area (TPSA) is 103 Å². The van der Waals surface area contributed by atoms with Gasteiger partial charge in [0, 0.05) is 75.8 Å². The number of ether oxygens (including phenoxy) is 1. The van der Waals surface area contributed by atoms with Crippen LogP contribution in [0.3, 0.4) is 0 Å². The van der Waals surface area contributed by atoms with Crippen LogP contribution < -0.4 is 10.2 Å². The van der Waals surface area contributed by atoms with Crippen LogP contribution in [0.25, 0.3) is 0 Å². The van der Waals surface area contributed by atoms with E-state index in [-0.39, 0.29) is 23.5 Å². The number of likely N-dealkylation sites (tertiary alicyclic amines) is 2. The molecule has 2 aromatic carbocycles. The Bertz CT molecular complexity index is 1680. The van der Waals surface area contributed by atoms with E-state index in [0.717, 1.165) is 83.6 Å². The summed E-state index contributed by atoms with van der Waals surface area (Å²) in [5.41, 5.74) is 3.93. The van der Waals surface area contributed by atoms with Crippen molar-refractivity contribution >= 4 is 27.5 Å². The fourth-order valence-corrected chi connectivity index (χ4v) is 12.0. The Balaban J connectivity index is 0.954. The van der Waals surface area contributed by atoms with Gasteiger partial charge in [0.2, 0.25) is 5.91 Å². The summed E-state index contributed by atoms with van der Waals surface area (Å²) in [7, 11) is 0.447. The third-order valence-electron chi connectivity index (χ3n) is 12.8. The quantitative estimate of drug-likeness (QED) is 0.373. The molecule has 7 rings (SSSR count). The van der Waals surface area contributed by atoms with E-state index in [2.05, 4.69) is 57.9 Å². The highest BCUT2D eigenvalue weighted by molar-refractivity contribution is 7.92. The molecule has 1 aliphatic carbocycles. The maximum Gasteiger partial charge on any atom is 0.407 e. The van der Waals surface area contributed by atoms with Crippen molar-refractivity contribution in [2.24, 2.45) is 17.8 Å². The Morgan fingerprint density at radius 1 is 0.961 bits per heavy atom. The molecule has 1 N–H and O–H groups in total. The van der Waals surface area contributed by atoms with Crippen LogP contribution >= 0.6 is 0 Å². The number of hydrogen-bond acceptors (Lipinski definition) is 8. The number of amides is 2. The Kier molecular flexibility index (Phi) is 10.5. The zero-order valence-electron chi connectivity index (χ0n) is 30.3. The summed E-state index contributed by atoms with van der Waals surface area (Å²) in [6.45, 7) is 11.6. The van der Waals surface area contributed by atoms with Crippen molar-refractivity contribution in [3.63, 3.8) is 0 Å². The smallest absolute Gasteiger partial charge is 0.407 e. The zero-order valence-corrected chi connectivity index (χ0v) is 31.2. The molecule has 4 heterocycles. The number of rotatable bonds is 9. The average molecular weight is 718 g/mol. The number of sulfone groups is 1. The normalized spacial score (nSPS) is 27.1. The summed E-state index contributed by atoms with van der Waals surface area (Å²) in [5, 5.41) is 2.23. The highest BCUT2D eigenvalue weighted by atomic mass is 32.2. The van der Waals surface area contributed by atoms with Gasteiger partial charge in [0.15, 0.2) is 9.84 Å². The molecular weight excluding hydrogens is 663 g/mol. The van der Waals surface area contributed by atoms with Crippen molar-refractivity contribution in [3.05, 3.63) is 72.3 Å². The lowest BCUT2D eigenvalue weighted by Gasteiger charge is -2.54. The number of piperidine rings is 2. The lowest BCUT2D eigenvalue weighted by atomic mass is 9.56. The minimum atomic E-state index is -3.45. The number of fused-ring (bicyclic) bond motifs is 1. The van der Waals surface area contributed by atoms with E-state index in [1.165, 1.54) is 17.2 Å². The number of benzene rings is 2. The number of carbonyl (C=O) groups is 2. The van der Waals surface area contributed by atoms with E-state index in [0.29, 0.717) is 48.6 Å². The third-order valence-corrected chi connectivity index (χ3v) is 15.0. The van der Waals surface area contributed by atoms with Crippen LogP contribution in [0.15, 0.2) is 66.1 Å². The molecule has 3 atom stereocenters. The Labute approximate surface area is 304 Å². The molecule has 0 radical (unpaired) electrons. The van der Waals surface area contributed by atoms with Gasteiger partial charge >= 0.3 is 6.09 Å². The van der Waals surface area contributed by atoms with Crippen LogP contribution in [0.5, 0.6) is 0 Å². The molecule has 4 aliphatic heterocycles. The predicted octanol–water partition coefficient (Wildman–Crippen LogP) is 4.69. The van der Waals surface area contributed by atoms with Crippen LogP contribution in [0.1, 0.15) is 56.1 Å². The van der Waals surface area contributed by atoms with Crippen molar-refractivity contribution in [2.45, 2.75) is 73.2 Å². The van der Waals surface area contributed by atoms with E-state index in [1.807, 2.05) is 12.1 Å². The van der Waals surface area contributed by atoms with E-state index in [4.69, 9.17) is 4.74 Å². The van der Waals surface area contributed by atoms with Gasteiger partial charge in [0.05, 0.1) is 10.1 Å². The average Bonchev–Trinajstić information content (AvgIpc) is 3.60. The van der Waals surface area contributed by atoms with Crippen molar-refractivity contribution < 1.29 is 22.7 Å². The second-order valence-corrected chi connectivity index (χ2v) is 17.9. The van der Waals surface area contributed by atoms with Crippen LogP contribution in [0.2, 0.25) is 0 Å². The second kappa shape index (κ2) is 14.9. The van der Waals surface area contributed by atoms with Gasteiger partial charge in [-0.2, -0.15) is 0 Å². The van der Waals surface area contributed by atoms with Crippen LogP contribution in [-0.2, 0) is 31.3 Å². The Hall–Kier alpha value is -3.41. The van der Waals surface area contributed by atoms with Gasteiger partial charge < -0.3 is 29.7 Å². The first kappa shape index (κ1) is 36.0. The van der Waals surface area contributed by atoms with Gasteiger partial charge in [-0.05, 0) is 112 Å². The highest BCUT2D eigenvalue weighted by Gasteiger charge is 2.55. The van der Waals surface area contributed by atoms with Gasteiger partial charge in [-0.25, -0.2) is 13.2 Å². The van der Waals surface area contributed by atoms with Gasteiger partial charge in [-0.3, -0.25) is 4.79 Å². The number of alkyl carbamates (subject to hydrolysis) is 1. The molecule has 11 heteroatoms. The number of hydrogen-bond donors (Lipinski definition) is 1. The summed E-state index contributed by atoms with van der Waals surface area (Å²) in [5.74, 6) is 1.27. The number of carbonyl (C=O) groups excluding carboxylic acids is 2. The first-order valence-electron chi connectivity index (χ1n) is 19.0. The highest BCUT2D eigenvalue weighted by Crippen LogP contribution is 2.54. The molecule has 2 aromatic rings. The van der Waals surface area contributed by atoms with Crippen molar-refractivity contribution in [3.8, 4) is 0 Å². The van der Waals surface area contributed by atoms with Crippen LogP contribution in [0, 0.1) is 17.8 Å². The molecule has 10 nitrogen and oxygen atoms in total. The Morgan fingerprint density at radius 3 is 2.35 bits per heavy atom. The van der Waals surface area contributed by atoms with Gasteiger partial charge in [-0.1, -0.05) is 30.8 Å². The van der Waals surface area contributed by atoms with E-state index in [9.17, 15) is 18.0 Å². The maximum atomic E-state index is 13.4. The third kappa shape index (κ3) is 7.05. The molecule has 0 bridgehead atoms. The Morgan fingerprint density at radius 2 is 1.67 bits per heavy atom. The van der Waals surface area contributed by atoms with E-state index >= 15 is 0 Å². The molecule has 4 fully saturated rings. The van der Waals surface area contributed by atoms with Crippen LogP contribution in [-0.4, -0.2) is 113 Å². The molecule has 51 heavy (non-hydrogen) atoms. The fraction of sp³-hybridized carbons (Fsp3) is 0.600. The molecule has 1 unspecified atom stereocenters. The summed E-state index contributed by atoms with van der Waals surface area (Å²) in [6, 6.07) is 16.5. The summed E-state index contributed by atoms with van der Waals surface area (Å²) in [6.07, 6.45) is 7.20. The van der Waals surface area contributed by atoms with E-state index in [1.54, 1.807) is 24.1 Å².